The minimum Gasteiger partial charge on any atom is -0.492 e. The number of hydrogen-bond acceptors (Lipinski definition) is 3. The third-order valence-electron chi connectivity index (χ3n) is 3.13. The highest BCUT2D eigenvalue weighted by molar-refractivity contribution is 9.11. The zero-order valence-electron chi connectivity index (χ0n) is 12.1. The van der Waals surface area contributed by atoms with Gasteiger partial charge in [-0.05, 0) is 80.6 Å². The van der Waals surface area contributed by atoms with Crippen molar-refractivity contribution in [1.29, 1.82) is 0 Å². The van der Waals surface area contributed by atoms with Gasteiger partial charge in [-0.15, -0.1) is 0 Å². The highest BCUT2D eigenvalue weighted by Crippen LogP contribution is 2.34. The SMILES string of the molecule is CCOc1c(Br)cc(CNCc2ccncc2C)cc1Br. The Hall–Kier alpha value is -0.910. The van der Waals surface area contributed by atoms with Gasteiger partial charge < -0.3 is 10.1 Å². The summed E-state index contributed by atoms with van der Waals surface area (Å²) < 4.78 is 7.53. The predicted molar refractivity (Wildman–Crippen MR) is 92.5 cm³/mol. The normalized spacial score (nSPS) is 10.7. The molecule has 0 aliphatic carbocycles. The van der Waals surface area contributed by atoms with Crippen molar-refractivity contribution in [3.8, 4) is 5.75 Å². The van der Waals surface area contributed by atoms with Crippen LogP contribution in [0.1, 0.15) is 23.6 Å². The molecule has 3 nitrogen and oxygen atoms in total. The summed E-state index contributed by atoms with van der Waals surface area (Å²) in [6.45, 7) is 6.33. The molecule has 0 saturated heterocycles. The summed E-state index contributed by atoms with van der Waals surface area (Å²) in [7, 11) is 0. The van der Waals surface area contributed by atoms with Crippen LogP contribution in [0.25, 0.3) is 0 Å². The van der Waals surface area contributed by atoms with Gasteiger partial charge in [0.05, 0.1) is 15.6 Å². The molecule has 0 unspecified atom stereocenters. The van der Waals surface area contributed by atoms with Crippen LogP contribution in [0.15, 0.2) is 39.5 Å². The monoisotopic (exact) mass is 412 g/mol. The van der Waals surface area contributed by atoms with Gasteiger partial charge in [-0.3, -0.25) is 4.98 Å². The second kappa shape index (κ2) is 7.92. The number of rotatable bonds is 6. The molecule has 1 N–H and O–H groups in total. The Morgan fingerprint density at radius 2 is 1.90 bits per heavy atom. The summed E-state index contributed by atoms with van der Waals surface area (Å²) in [5.74, 6) is 0.853. The fourth-order valence-electron chi connectivity index (χ4n) is 2.04. The molecule has 0 saturated carbocycles. The molecule has 1 aromatic carbocycles. The van der Waals surface area contributed by atoms with Crippen LogP contribution in [-0.2, 0) is 13.1 Å². The van der Waals surface area contributed by atoms with Gasteiger partial charge in [0.15, 0.2) is 0 Å². The molecule has 5 heteroatoms. The van der Waals surface area contributed by atoms with Crippen LogP contribution < -0.4 is 10.1 Å². The molecule has 0 radical (unpaired) electrons. The summed E-state index contributed by atoms with van der Waals surface area (Å²) in [6.07, 6.45) is 3.72. The van der Waals surface area contributed by atoms with Crippen LogP contribution in [0.2, 0.25) is 0 Å². The van der Waals surface area contributed by atoms with E-state index in [9.17, 15) is 0 Å². The van der Waals surface area contributed by atoms with Gasteiger partial charge in [0.2, 0.25) is 0 Å². The Kier molecular flexibility index (Phi) is 6.21. The molecule has 0 bridgehead atoms. The Bertz CT molecular complexity index is 594. The smallest absolute Gasteiger partial charge is 0.147 e. The van der Waals surface area contributed by atoms with Gasteiger partial charge in [-0.1, -0.05) is 0 Å². The molecule has 2 rings (SSSR count). The summed E-state index contributed by atoms with van der Waals surface area (Å²) in [5, 5.41) is 3.45. The zero-order chi connectivity index (χ0) is 15.2. The summed E-state index contributed by atoms with van der Waals surface area (Å²) in [5.41, 5.74) is 3.68. The Balaban J connectivity index is 1.99. The van der Waals surface area contributed by atoms with E-state index < -0.39 is 0 Å². The highest BCUT2D eigenvalue weighted by Gasteiger charge is 2.08. The van der Waals surface area contributed by atoms with Gasteiger partial charge in [0, 0.05) is 25.5 Å². The third kappa shape index (κ3) is 4.53. The molecule has 0 amide bonds. The fraction of sp³-hybridized carbons (Fsp3) is 0.312. The number of nitrogens with one attached hydrogen (secondary N) is 1. The molecule has 0 atom stereocenters. The first-order chi connectivity index (χ1) is 10.1. The number of nitrogens with zero attached hydrogens (tertiary/aromatic N) is 1. The number of ether oxygens (including phenoxy) is 1. The molecule has 0 spiro atoms. The van der Waals surface area contributed by atoms with Crippen LogP contribution >= 0.6 is 31.9 Å². The van der Waals surface area contributed by atoms with Gasteiger partial charge in [0.1, 0.15) is 5.75 Å². The zero-order valence-corrected chi connectivity index (χ0v) is 15.3. The quantitative estimate of drug-likeness (QED) is 0.751. The Morgan fingerprint density at radius 1 is 1.19 bits per heavy atom. The molecular formula is C16H18Br2N2O. The molecule has 0 aliphatic heterocycles. The number of pyridine rings is 1. The minimum absolute atomic E-state index is 0.649. The van der Waals surface area contributed by atoms with Crippen LogP contribution in [-0.4, -0.2) is 11.6 Å². The first-order valence-corrected chi connectivity index (χ1v) is 8.41. The lowest BCUT2D eigenvalue weighted by Crippen LogP contribution is -2.13. The number of halogens is 2. The maximum absolute atomic E-state index is 5.59. The van der Waals surface area contributed by atoms with E-state index in [0.717, 1.165) is 27.8 Å². The van der Waals surface area contributed by atoms with E-state index in [4.69, 9.17) is 4.74 Å². The third-order valence-corrected chi connectivity index (χ3v) is 4.31. The predicted octanol–water partition coefficient (Wildman–Crippen LogP) is 4.60. The topological polar surface area (TPSA) is 34.1 Å². The Labute approximate surface area is 142 Å². The van der Waals surface area contributed by atoms with E-state index in [1.807, 2.05) is 25.4 Å². The molecule has 2 aromatic rings. The number of benzene rings is 1. The van der Waals surface area contributed by atoms with Crippen LogP contribution in [0, 0.1) is 6.92 Å². The highest BCUT2D eigenvalue weighted by atomic mass is 79.9. The first-order valence-electron chi connectivity index (χ1n) is 6.82. The lowest BCUT2D eigenvalue weighted by atomic mass is 10.1. The molecule has 0 fully saturated rings. The van der Waals surface area contributed by atoms with Crippen molar-refractivity contribution in [2.75, 3.05) is 6.61 Å². The second-order valence-corrected chi connectivity index (χ2v) is 6.44. The van der Waals surface area contributed by atoms with Gasteiger partial charge >= 0.3 is 0 Å². The lowest BCUT2D eigenvalue weighted by Gasteiger charge is -2.12. The van der Waals surface area contributed by atoms with E-state index in [1.165, 1.54) is 16.7 Å². The summed E-state index contributed by atoms with van der Waals surface area (Å²) in [4.78, 5) is 4.11. The van der Waals surface area contributed by atoms with Crippen molar-refractivity contribution in [2.24, 2.45) is 0 Å². The average Bonchev–Trinajstić information content (AvgIpc) is 2.45. The summed E-state index contributed by atoms with van der Waals surface area (Å²) in [6, 6.07) is 6.22. The largest absolute Gasteiger partial charge is 0.492 e. The van der Waals surface area contributed by atoms with Crippen molar-refractivity contribution in [3.63, 3.8) is 0 Å². The lowest BCUT2D eigenvalue weighted by molar-refractivity contribution is 0.336. The summed E-state index contributed by atoms with van der Waals surface area (Å²) >= 11 is 7.11. The molecule has 1 aromatic heterocycles. The van der Waals surface area contributed by atoms with E-state index in [1.54, 1.807) is 0 Å². The number of hydrogen-bond donors (Lipinski definition) is 1. The molecule has 112 valence electrons. The standard InChI is InChI=1S/C16H18Br2N2O/c1-3-21-16-14(17)6-12(7-15(16)18)9-20-10-13-4-5-19-8-11(13)2/h4-8,20H,3,9-10H2,1-2H3. The number of aryl methyl sites for hydroxylation is 1. The van der Waals surface area contributed by atoms with E-state index in [0.29, 0.717) is 6.61 Å². The average molecular weight is 414 g/mol. The van der Waals surface area contributed by atoms with E-state index in [-0.39, 0.29) is 0 Å². The number of aromatic nitrogens is 1. The molecule has 0 aliphatic rings. The van der Waals surface area contributed by atoms with E-state index >= 15 is 0 Å². The van der Waals surface area contributed by atoms with Crippen molar-refractivity contribution in [3.05, 3.63) is 56.2 Å². The fourth-order valence-corrected chi connectivity index (χ4v) is 3.55. The van der Waals surface area contributed by atoms with Crippen molar-refractivity contribution >= 4 is 31.9 Å². The minimum atomic E-state index is 0.649. The Morgan fingerprint density at radius 3 is 2.52 bits per heavy atom. The van der Waals surface area contributed by atoms with Crippen LogP contribution in [0.4, 0.5) is 0 Å². The van der Waals surface area contributed by atoms with Crippen LogP contribution in [0.3, 0.4) is 0 Å². The molecular weight excluding hydrogens is 396 g/mol. The maximum Gasteiger partial charge on any atom is 0.147 e. The van der Waals surface area contributed by atoms with E-state index in [2.05, 4.69) is 61.2 Å². The van der Waals surface area contributed by atoms with Crippen molar-refractivity contribution in [2.45, 2.75) is 26.9 Å². The molecule has 21 heavy (non-hydrogen) atoms. The van der Waals surface area contributed by atoms with Crippen molar-refractivity contribution < 1.29 is 4.74 Å². The van der Waals surface area contributed by atoms with Crippen LogP contribution in [0.5, 0.6) is 5.75 Å². The van der Waals surface area contributed by atoms with Gasteiger partial charge in [-0.2, -0.15) is 0 Å². The first kappa shape index (κ1) is 16.5. The molecule has 1 heterocycles. The van der Waals surface area contributed by atoms with Gasteiger partial charge in [-0.25, -0.2) is 0 Å². The van der Waals surface area contributed by atoms with Gasteiger partial charge in [0.25, 0.3) is 0 Å². The maximum atomic E-state index is 5.59. The van der Waals surface area contributed by atoms with Crippen molar-refractivity contribution in [1.82, 2.24) is 10.3 Å². The second-order valence-electron chi connectivity index (χ2n) is 4.73.